The second-order valence-corrected chi connectivity index (χ2v) is 7.11. The zero-order chi connectivity index (χ0) is 14.7. The van der Waals surface area contributed by atoms with Crippen LogP contribution in [-0.2, 0) is 4.79 Å². The average molecular weight is 293 g/mol. The van der Waals surface area contributed by atoms with E-state index in [1.54, 1.807) is 0 Å². The Morgan fingerprint density at radius 2 is 1.71 bits per heavy atom. The molecule has 0 spiro atoms. The summed E-state index contributed by atoms with van der Waals surface area (Å²) in [7, 11) is 0. The van der Waals surface area contributed by atoms with E-state index in [4.69, 9.17) is 0 Å². The number of rotatable bonds is 3. The number of carbonyl (C=O) groups excluding carboxylic acids is 1. The minimum Gasteiger partial charge on any atom is -0.339 e. The van der Waals surface area contributed by atoms with Gasteiger partial charge in [0.25, 0.3) is 0 Å². The fraction of sp³-hybridized carbons (Fsp3) is 0.941. The Hall–Kier alpha value is -0.610. The van der Waals surface area contributed by atoms with Gasteiger partial charge in [0, 0.05) is 32.2 Å². The van der Waals surface area contributed by atoms with E-state index in [9.17, 15) is 4.79 Å². The smallest absolute Gasteiger partial charge is 0.240 e. The van der Waals surface area contributed by atoms with Crippen molar-refractivity contribution in [1.29, 1.82) is 0 Å². The van der Waals surface area contributed by atoms with Crippen LogP contribution in [0, 0.1) is 5.92 Å². The minimum absolute atomic E-state index is 0.167. The second kappa shape index (κ2) is 7.10. The van der Waals surface area contributed by atoms with Crippen molar-refractivity contribution < 1.29 is 4.79 Å². The molecule has 0 aromatic rings. The van der Waals surface area contributed by atoms with Gasteiger partial charge < -0.3 is 10.2 Å². The highest BCUT2D eigenvalue weighted by molar-refractivity contribution is 5.82. The first-order valence-corrected chi connectivity index (χ1v) is 9.02. The minimum atomic E-state index is 0.167. The van der Waals surface area contributed by atoms with E-state index in [1.165, 1.54) is 38.5 Å². The summed E-state index contributed by atoms with van der Waals surface area (Å²) in [5.41, 5.74) is 0. The van der Waals surface area contributed by atoms with E-state index >= 15 is 0 Å². The molecule has 3 aliphatic rings. The van der Waals surface area contributed by atoms with Crippen molar-refractivity contribution in [2.45, 2.75) is 64.0 Å². The zero-order valence-corrected chi connectivity index (χ0v) is 13.5. The number of nitrogens with zero attached hydrogens (tertiary/aromatic N) is 2. The second-order valence-electron chi connectivity index (χ2n) is 7.11. The Morgan fingerprint density at radius 1 is 1.00 bits per heavy atom. The average Bonchev–Trinajstić information content (AvgIpc) is 3.04. The molecule has 3 fully saturated rings. The first-order chi connectivity index (χ1) is 10.3. The third-order valence-corrected chi connectivity index (χ3v) is 5.86. The third-order valence-electron chi connectivity index (χ3n) is 5.86. The number of amides is 1. The molecule has 1 N–H and O–H groups in total. The summed E-state index contributed by atoms with van der Waals surface area (Å²) >= 11 is 0. The van der Waals surface area contributed by atoms with Gasteiger partial charge in [-0.1, -0.05) is 19.3 Å². The predicted octanol–water partition coefficient (Wildman–Crippen LogP) is 1.85. The molecule has 0 aromatic carbocycles. The van der Waals surface area contributed by atoms with Gasteiger partial charge in [0.1, 0.15) is 0 Å². The molecule has 0 aromatic heterocycles. The number of hydrogen-bond donors (Lipinski definition) is 1. The molecule has 2 atom stereocenters. The van der Waals surface area contributed by atoms with Gasteiger partial charge in [-0.15, -0.1) is 0 Å². The van der Waals surface area contributed by atoms with Gasteiger partial charge in [0.2, 0.25) is 5.91 Å². The van der Waals surface area contributed by atoms with E-state index in [-0.39, 0.29) is 6.04 Å². The summed E-state index contributed by atoms with van der Waals surface area (Å²) < 4.78 is 0. The van der Waals surface area contributed by atoms with Gasteiger partial charge in [0.05, 0.1) is 6.04 Å². The molecule has 2 aliphatic heterocycles. The molecule has 2 unspecified atom stereocenters. The zero-order valence-electron chi connectivity index (χ0n) is 13.5. The molecule has 4 heteroatoms. The molecule has 0 bridgehead atoms. The summed E-state index contributed by atoms with van der Waals surface area (Å²) in [6, 6.07) is 0.754. The van der Waals surface area contributed by atoms with Crippen LogP contribution in [0.15, 0.2) is 0 Å². The maximum Gasteiger partial charge on any atom is 0.240 e. The van der Waals surface area contributed by atoms with Crippen LogP contribution in [0.4, 0.5) is 0 Å². The van der Waals surface area contributed by atoms with Gasteiger partial charge in [-0.05, 0) is 45.1 Å². The van der Waals surface area contributed by atoms with E-state index in [1.807, 2.05) is 0 Å². The molecular weight excluding hydrogens is 262 g/mol. The molecular formula is C17H31N3O. The van der Waals surface area contributed by atoms with E-state index in [0.717, 1.165) is 45.1 Å². The van der Waals surface area contributed by atoms with Gasteiger partial charge in [-0.2, -0.15) is 0 Å². The van der Waals surface area contributed by atoms with Gasteiger partial charge in [-0.25, -0.2) is 0 Å². The lowest BCUT2D eigenvalue weighted by Crippen LogP contribution is -2.54. The predicted molar refractivity (Wildman–Crippen MR) is 85.2 cm³/mol. The van der Waals surface area contributed by atoms with Gasteiger partial charge in [0.15, 0.2) is 0 Å². The molecule has 120 valence electrons. The van der Waals surface area contributed by atoms with Crippen LogP contribution in [0.25, 0.3) is 0 Å². The Morgan fingerprint density at radius 3 is 2.43 bits per heavy atom. The van der Waals surface area contributed by atoms with Gasteiger partial charge >= 0.3 is 0 Å². The highest BCUT2D eigenvalue weighted by atomic mass is 16.2. The Balaban J connectivity index is 1.62. The molecule has 3 rings (SSSR count). The molecule has 21 heavy (non-hydrogen) atoms. The first kappa shape index (κ1) is 15.3. The molecule has 1 saturated carbocycles. The van der Waals surface area contributed by atoms with Crippen molar-refractivity contribution in [1.82, 2.24) is 15.1 Å². The van der Waals surface area contributed by atoms with Crippen LogP contribution >= 0.6 is 0 Å². The van der Waals surface area contributed by atoms with Crippen LogP contribution in [0.2, 0.25) is 0 Å². The molecule has 4 nitrogen and oxygen atoms in total. The van der Waals surface area contributed by atoms with Crippen LogP contribution in [0.1, 0.15) is 51.9 Å². The van der Waals surface area contributed by atoms with Crippen molar-refractivity contribution in [3.05, 3.63) is 0 Å². The fourth-order valence-corrected chi connectivity index (χ4v) is 4.53. The standard InChI is InChI=1S/C17H31N3O/c1-14(15-6-3-2-4-7-15)20-11-5-8-16(20)17(21)19-12-9-18-10-13-19/h14-16,18H,2-13H2,1H3. The maximum atomic E-state index is 12.9. The number of piperazine rings is 1. The van der Waals surface area contributed by atoms with Crippen LogP contribution in [0.5, 0.6) is 0 Å². The lowest BCUT2D eigenvalue weighted by Gasteiger charge is -2.39. The summed E-state index contributed by atoms with van der Waals surface area (Å²) in [5, 5.41) is 3.34. The Kier molecular flexibility index (Phi) is 5.17. The number of carbonyl (C=O) groups is 1. The van der Waals surface area contributed by atoms with Gasteiger partial charge in [-0.3, -0.25) is 9.69 Å². The molecule has 0 radical (unpaired) electrons. The van der Waals surface area contributed by atoms with Crippen molar-refractivity contribution >= 4 is 5.91 Å². The lowest BCUT2D eigenvalue weighted by molar-refractivity contribution is -0.137. The number of hydrogen-bond acceptors (Lipinski definition) is 3. The topological polar surface area (TPSA) is 35.6 Å². The van der Waals surface area contributed by atoms with Crippen molar-refractivity contribution in [2.75, 3.05) is 32.7 Å². The Labute approximate surface area is 129 Å². The SMILES string of the molecule is CC(C1CCCCC1)N1CCCC1C(=O)N1CCNCC1. The van der Waals surface area contributed by atoms with Crippen molar-refractivity contribution in [2.24, 2.45) is 5.92 Å². The first-order valence-electron chi connectivity index (χ1n) is 9.02. The molecule has 1 aliphatic carbocycles. The maximum absolute atomic E-state index is 12.9. The quantitative estimate of drug-likeness (QED) is 0.862. The van der Waals surface area contributed by atoms with E-state index in [0.29, 0.717) is 11.9 Å². The highest BCUT2D eigenvalue weighted by Crippen LogP contribution is 2.32. The van der Waals surface area contributed by atoms with Crippen LogP contribution in [-0.4, -0.2) is 60.5 Å². The molecule has 2 heterocycles. The molecule has 1 amide bonds. The summed E-state index contributed by atoms with van der Waals surface area (Å²) in [6.45, 7) is 7.19. The number of nitrogens with one attached hydrogen (secondary N) is 1. The monoisotopic (exact) mass is 293 g/mol. The van der Waals surface area contributed by atoms with Crippen molar-refractivity contribution in [3.63, 3.8) is 0 Å². The Bertz CT molecular complexity index is 348. The number of likely N-dealkylation sites (tertiary alicyclic amines) is 1. The molecule has 2 saturated heterocycles. The largest absolute Gasteiger partial charge is 0.339 e. The van der Waals surface area contributed by atoms with E-state index in [2.05, 4.69) is 22.0 Å². The summed E-state index contributed by atoms with van der Waals surface area (Å²) in [4.78, 5) is 17.5. The highest BCUT2D eigenvalue weighted by Gasteiger charge is 2.38. The van der Waals surface area contributed by atoms with E-state index < -0.39 is 0 Å². The summed E-state index contributed by atoms with van der Waals surface area (Å²) in [5.74, 6) is 1.21. The van der Waals surface area contributed by atoms with Crippen molar-refractivity contribution in [3.8, 4) is 0 Å². The van der Waals surface area contributed by atoms with Crippen LogP contribution in [0.3, 0.4) is 0 Å². The lowest BCUT2D eigenvalue weighted by atomic mass is 9.83. The fourth-order valence-electron chi connectivity index (χ4n) is 4.53. The summed E-state index contributed by atoms with van der Waals surface area (Å²) in [6.07, 6.45) is 9.18. The van der Waals surface area contributed by atoms with Crippen LogP contribution < -0.4 is 5.32 Å². The normalized spacial score (nSPS) is 30.5. The third kappa shape index (κ3) is 3.42.